The minimum Gasteiger partial charge on any atom is -0.493 e. The molecule has 3 aromatic carbocycles. The zero-order valence-corrected chi connectivity index (χ0v) is 18.8. The van der Waals surface area contributed by atoms with E-state index in [1.165, 1.54) is 7.11 Å². The lowest BCUT2D eigenvalue weighted by atomic mass is 10.1. The highest BCUT2D eigenvalue weighted by molar-refractivity contribution is 9.10. The van der Waals surface area contributed by atoms with Crippen LogP contribution in [0.3, 0.4) is 0 Å². The van der Waals surface area contributed by atoms with E-state index in [9.17, 15) is 4.79 Å². The average Bonchev–Trinajstić information content (AvgIpc) is 3.13. The Bertz CT molecular complexity index is 1190. The summed E-state index contributed by atoms with van der Waals surface area (Å²) in [5.74, 6) is 0.620. The van der Waals surface area contributed by atoms with E-state index in [4.69, 9.17) is 25.8 Å². The van der Waals surface area contributed by atoms with Gasteiger partial charge in [0.2, 0.25) is 5.90 Å². The largest absolute Gasteiger partial charge is 0.493 e. The summed E-state index contributed by atoms with van der Waals surface area (Å²) < 4.78 is 17.6. The zero-order chi connectivity index (χ0) is 21.8. The summed E-state index contributed by atoms with van der Waals surface area (Å²) in [4.78, 5) is 16.6. The van der Waals surface area contributed by atoms with Gasteiger partial charge >= 0.3 is 5.97 Å². The topological polar surface area (TPSA) is 57.1 Å². The van der Waals surface area contributed by atoms with E-state index >= 15 is 0 Å². The highest BCUT2D eigenvalue weighted by atomic mass is 79.9. The average molecular weight is 499 g/mol. The first-order valence-corrected chi connectivity index (χ1v) is 10.5. The molecule has 0 bridgehead atoms. The van der Waals surface area contributed by atoms with E-state index in [1.54, 1.807) is 18.2 Å². The number of esters is 1. The standard InChI is InChI=1S/C24H17BrClNO4/c1-29-21-13-16(11-19(26)22(21)30-14-15-6-5-9-18(25)10-15)12-20-24(28)31-23(27-20)17-7-3-2-4-8-17/h2-13H,14H2,1H3. The first-order valence-electron chi connectivity index (χ1n) is 9.36. The van der Waals surface area contributed by atoms with Gasteiger partial charge in [0.05, 0.1) is 12.1 Å². The van der Waals surface area contributed by atoms with Crippen LogP contribution in [-0.2, 0) is 16.1 Å². The van der Waals surface area contributed by atoms with Crippen molar-refractivity contribution in [2.75, 3.05) is 7.11 Å². The second-order valence-electron chi connectivity index (χ2n) is 6.65. The fraction of sp³-hybridized carbons (Fsp3) is 0.0833. The Morgan fingerprint density at radius 3 is 2.65 bits per heavy atom. The number of cyclic esters (lactones) is 1. The molecule has 0 fully saturated rings. The van der Waals surface area contributed by atoms with E-state index in [-0.39, 0.29) is 11.6 Å². The fourth-order valence-corrected chi connectivity index (χ4v) is 3.74. The second-order valence-corrected chi connectivity index (χ2v) is 7.98. The fourth-order valence-electron chi connectivity index (χ4n) is 3.02. The number of ether oxygens (including phenoxy) is 3. The van der Waals surface area contributed by atoms with Crippen molar-refractivity contribution in [1.82, 2.24) is 0 Å². The van der Waals surface area contributed by atoms with Crippen molar-refractivity contribution in [2.45, 2.75) is 6.61 Å². The molecule has 0 N–H and O–H groups in total. The molecule has 0 radical (unpaired) electrons. The van der Waals surface area contributed by atoms with Gasteiger partial charge in [-0.2, -0.15) is 0 Å². The van der Waals surface area contributed by atoms with Crippen molar-refractivity contribution in [3.8, 4) is 11.5 Å². The van der Waals surface area contributed by atoms with Gasteiger partial charge in [0.1, 0.15) is 6.61 Å². The van der Waals surface area contributed by atoms with Crippen molar-refractivity contribution in [1.29, 1.82) is 0 Å². The molecule has 0 spiro atoms. The Hall–Kier alpha value is -3.09. The van der Waals surface area contributed by atoms with E-state index in [0.29, 0.717) is 28.7 Å². The lowest BCUT2D eigenvalue weighted by Crippen LogP contribution is -2.05. The molecule has 0 amide bonds. The van der Waals surface area contributed by atoms with E-state index < -0.39 is 5.97 Å². The van der Waals surface area contributed by atoms with Gasteiger partial charge in [-0.25, -0.2) is 9.79 Å². The number of benzene rings is 3. The second kappa shape index (κ2) is 9.37. The molecule has 7 heteroatoms. The monoisotopic (exact) mass is 497 g/mol. The molecule has 0 unspecified atom stereocenters. The van der Waals surface area contributed by atoms with Crippen LogP contribution in [0, 0.1) is 0 Å². The normalized spacial score (nSPS) is 14.4. The van der Waals surface area contributed by atoms with Gasteiger partial charge in [0, 0.05) is 10.0 Å². The molecule has 1 aliphatic heterocycles. The number of methoxy groups -OCH3 is 1. The number of rotatable bonds is 6. The van der Waals surface area contributed by atoms with Crippen molar-refractivity contribution in [3.63, 3.8) is 0 Å². The molecule has 1 heterocycles. The maximum absolute atomic E-state index is 12.3. The quantitative estimate of drug-likeness (QED) is 0.307. The third kappa shape index (κ3) is 4.98. The number of halogens is 2. The van der Waals surface area contributed by atoms with Crippen LogP contribution in [0.2, 0.25) is 5.02 Å². The molecule has 1 aliphatic rings. The van der Waals surface area contributed by atoms with Crippen molar-refractivity contribution in [3.05, 3.63) is 98.6 Å². The number of nitrogens with zero attached hydrogens (tertiary/aromatic N) is 1. The summed E-state index contributed by atoms with van der Waals surface area (Å²) in [7, 11) is 1.53. The maximum atomic E-state index is 12.3. The molecule has 0 atom stereocenters. The first-order chi connectivity index (χ1) is 15.0. The third-order valence-corrected chi connectivity index (χ3v) is 5.24. The molecule has 0 aromatic heterocycles. The van der Waals surface area contributed by atoms with Gasteiger partial charge in [0.15, 0.2) is 17.2 Å². The molecule has 0 aliphatic carbocycles. The third-order valence-electron chi connectivity index (χ3n) is 4.47. The van der Waals surface area contributed by atoms with Crippen LogP contribution in [0.1, 0.15) is 16.7 Å². The minimum atomic E-state index is -0.524. The van der Waals surface area contributed by atoms with E-state index in [0.717, 1.165) is 15.6 Å². The van der Waals surface area contributed by atoms with Crippen molar-refractivity contribution in [2.24, 2.45) is 4.99 Å². The van der Waals surface area contributed by atoms with Crippen LogP contribution < -0.4 is 9.47 Å². The molecule has 156 valence electrons. The van der Waals surface area contributed by atoms with Gasteiger partial charge in [-0.3, -0.25) is 0 Å². The Morgan fingerprint density at radius 2 is 1.90 bits per heavy atom. The molecule has 4 rings (SSSR count). The van der Waals surface area contributed by atoms with Crippen LogP contribution in [0.4, 0.5) is 0 Å². The van der Waals surface area contributed by atoms with Gasteiger partial charge in [-0.05, 0) is 53.6 Å². The highest BCUT2D eigenvalue weighted by Gasteiger charge is 2.24. The SMILES string of the molecule is COc1cc(C=C2N=C(c3ccccc3)OC2=O)cc(Cl)c1OCc1cccc(Br)c1. The maximum Gasteiger partial charge on any atom is 0.363 e. The molecular weight excluding hydrogens is 482 g/mol. The van der Waals surface area contributed by atoms with Gasteiger partial charge in [0.25, 0.3) is 0 Å². The molecule has 0 saturated heterocycles. The number of carbonyl (C=O) groups is 1. The molecular formula is C24H17BrClNO4. The van der Waals surface area contributed by atoms with Crippen LogP contribution >= 0.6 is 27.5 Å². The number of aliphatic imine (C=N–C) groups is 1. The van der Waals surface area contributed by atoms with Crippen molar-refractivity contribution < 1.29 is 19.0 Å². The first kappa shape index (κ1) is 21.2. The molecule has 0 saturated carbocycles. The van der Waals surface area contributed by atoms with Crippen LogP contribution in [-0.4, -0.2) is 19.0 Å². The smallest absolute Gasteiger partial charge is 0.363 e. The van der Waals surface area contributed by atoms with Gasteiger partial charge in [-0.15, -0.1) is 0 Å². The van der Waals surface area contributed by atoms with Crippen molar-refractivity contribution >= 4 is 45.5 Å². The van der Waals surface area contributed by atoms with E-state index in [2.05, 4.69) is 20.9 Å². The summed E-state index contributed by atoms with van der Waals surface area (Å²) in [6.45, 7) is 0.326. The number of hydrogen-bond acceptors (Lipinski definition) is 5. The van der Waals surface area contributed by atoms with Gasteiger partial charge < -0.3 is 14.2 Å². The summed E-state index contributed by atoms with van der Waals surface area (Å²) in [5, 5.41) is 0.361. The van der Waals surface area contributed by atoms with Crippen LogP contribution in [0.5, 0.6) is 11.5 Å². The summed E-state index contributed by atoms with van der Waals surface area (Å²) in [5.41, 5.74) is 2.53. The Balaban J connectivity index is 1.59. The predicted octanol–water partition coefficient (Wildman–Crippen LogP) is 6.03. The number of carbonyl (C=O) groups excluding carboxylic acids is 1. The number of hydrogen-bond donors (Lipinski definition) is 0. The lowest BCUT2D eigenvalue weighted by Gasteiger charge is -2.13. The summed E-state index contributed by atoms with van der Waals surface area (Å²) >= 11 is 9.91. The Labute approximate surface area is 193 Å². The minimum absolute atomic E-state index is 0.180. The van der Waals surface area contributed by atoms with E-state index in [1.807, 2.05) is 54.6 Å². The summed E-state index contributed by atoms with van der Waals surface area (Å²) in [6.07, 6.45) is 1.60. The molecule has 5 nitrogen and oxygen atoms in total. The Kier molecular flexibility index (Phi) is 6.39. The lowest BCUT2D eigenvalue weighted by molar-refractivity contribution is -0.129. The van der Waals surface area contributed by atoms with Crippen LogP contribution in [0.25, 0.3) is 6.08 Å². The molecule has 3 aromatic rings. The zero-order valence-electron chi connectivity index (χ0n) is 16.5. The van der Waals surface area contributed by atoms with Gasteiger partial charge in [-0.1, -0.05) is 57.9 Å². The van der Waals surface area contributed by atoms with Crippen LogP contribution in [0.15, 0.2) is 81.9 Å². The summed E-state index contributed by atoms with van der Waals surface area (Å²) in [6, 6.07) is 20.5. The molecule has 31 heavy (non-hydrogen) atoms. The predicted molar refractivity (Wildman–Crippen MR) is 124 cm³/mol. The highest BCUT2D eigenvalue weighted by Crippen LogP contribution is 2.38. The Morgan fingerprint density at radius 1 is 1.10 bits per heavy atom.